The molecule has 0 aromatic heterocycles. The van der Waals surface area contributed by atoms with E-state index in [-0.39, 0.29) is 12.2 Å². The van der Waals surface area contributed by atoms with Gasteiger partial charge in [-0.2, -0.15) is 0 Å². The maximum Gasteiger partial charge on any atom is 0.379 e. The van der Waals surface area contributed by atoms with E-state index in [1.165, 1.54) is 7.11 Å². The van der Waals surface area contributed by atoms with Crippen molar-refractivity contribution in [3.8, 4) is 5.75 Å². The quantitative estimate of drug-likeness (QED) is 0.487. The van der Waals surface area contributed by atoms with E-state index >= 15 is 0 Å². The second-order valence-electron chi connectivity index (χ2n) is 3.32. The summed E-state index contributed by atoms with van der Waals surface area (Å²) in [7, 11) is 1.49. The number of carbonyl (C=O) groups is 2. The molecule has 0 radical (unpaired) electrons. The summed E-state index contributed by atoms with van der Waals surface area (Å²) in [5.74, 6) is -1.03. The van der Waals surface area contributed by atoms with Gasteiger partial charge in [-0.25, -0.2) is 4.79 Å². The average molecular weight is 301 g/mol. The second-order valence-corrected chi connectivity index (χ2v) is 4.12. The molecule has 4 nitrogen and oxygen atoms in total. The van der Waals surface area contributed by atoms with Gasteiger partial charge in [0.1, 0.15) is 5.75 Å². The summed E-state index contributed by atoms with van der Waals surface area (Å²) in [4.78, 5) is 23.3. The Kier molecular flexibility index (Phi) is 4.69. The van der Waals surface area contributed by atoms with Crippen molar-refractivity contribution in [2.45, 2.75) is 13.8 Å². The van der Waals surface area contributed by atoms with E-state index in [9.17, 15) is 9.59 Å². The lowest BCUT2D eigenvalue weighted by molar-refractivity contribution is -0.137. The maximum atomic E-state index is 11.9. The van der Waals surface area contributed by atoms with Gasteiger partial charge in [0.25, 0.3) is 5.78 Å². The Morgan fingerprint density at radius 1 is 1.35 bits per heavy atom. The molecule has 1 rings (SSSR count). The summed E-state index contributed by atoms with van der Waals surface area (Å²) in [6, 6.07) is 3.44. The third-order valence-corrected chi connectivity index (χ3v) is 3.01. The third kappa shape index (κ3) is 2.85. The lowest BCUT2D eigenvalue weighted by Gasteiger charge is -2.10. The molecule has 0 aliphatic rings. The summed E-state index contributed by atoms with van der Waals surface area (Å²) in [6.07, 6.45) is 0. The van der Waals surface area contributed by atoms with Crippen LogP contribution in [0.15, 0.2) is 16.6 Å². The molecule has 0 saturated heterocycles. The fourth-order valence-corrected chi connectivity index (χ4v) is 2.18. The monoisotopic (exact) mass is 300 g/mol. The molecule has 0 unspecified atom stereocenters. The van der Waals surface area contributed by atoms with Gasteiger partial charge in [0, 0.05) is 0 Å². The number of esters is 1. The molecule has 5 heteroatoms. The Morgan fingerprint density at radius 2 is 2.00 bits per heavy atom. The van der Waals surface area contributed by atoms with Gasteiger partial charge >= 0.3 is 5.97 Å². The number of Topliss-reactive ketones (excluding diaryl/α,β-unsaturated/α-hetero) is 1. The van der Waals surface area contributed by atoms with Gasteiger partial charge in [0.2, 0.25) is 0 Å². The van der Waals surface area contributed by atoms with Gasteiger partial charge in [0.15, 0.2) is 0 Å². The van der Waals surface area contributed by atoms with E-state index in [1.807, 2.05) is 0 Å². The number of benzene rings is 1. The molecule has 0 amide bonds. The fraction of sp³-hybridized carbons (Fsp3) is 0.333. The van der Waals surface area contributed by atoms with Crippen LogP contribution in [0.5, 0.6) is 5.75 Å². The van der Waals surface area contributed by atoms with Gasteiger partial charge in [-0.1, -0.05) is 6.07 Å². The Balaban J connectivity index is 3.21. The van der Waals surface area contributed by atoms with Crippen molar-refractivity contribution in [1.29, 1.82) is 0 Å². The number of halogens is 1. The van der Waals surface area contributed by atoms with Crippen LogP contribution >= 0.6 is 15.9 Å². The highest BCUT2D eigenvalue weighted by atomic mass is 79.9. The number of ketones is 1. The van der Waals surface area contributed by atoms with E-state index < -0.39 is 11.8 Å². The zero-order valence-electron chi connectivity index (χ0n) is 9.87. The number of methoxy groups -OCH3 is 1. The summed E-state index contributed by atoms with van der Waals surface area (Å²) < 4.78 is 10.2. The van der Waals surface area contributed by atoms with Crippen molar-refractivity contribution >= 4 is 27.7 Å². The molecular formula is C12H13BrO4. The number of aryl methyl sites for hydroxylation is 1. The molecule has 0 N–H and O–H groups in total. The zero-order chi connectivity index (χ0) is 13.0. The van der Waals surface area contributed by atoms with Crippen molar-refractivity contribution < 1.29 is 19.1 Å². The average Bonchev–Trinajstić information content (AvgIpc) is 2.29. The smallest absolute Gasteiger partial charge is 0.379 e. The molecule has 0 spiro atoms. The Hall–Kier alpha value is -1.36. The molecule has 0 atom stereocenters. The molecule has 0 fully saturated rings. The second kappa shape index (κ2) is 5.82. The molecule has 0 saturated carbocycles. The van der Waals surface area contributed by atoms with Crippen molar-refractivity contribution in [3.05, 3.63) is 27.7 Å². The van der Waals surface area contributed by atoms with Crippen LogP contribution < -0.4 is 4.74 Å². The highest BCUT2D eigenvalue weighted by Crippen LogP contribution is 2.31. The maximum absolute atomic E-state index is 11.9. The minimum atomic E-state index is -0.857. The summed E-state index contributed by atoms with van der Waals surface area (Å²) in [5.41, 5.74) is 0.971. The molecule has 0 heterocycles. The van der Waals surface area contributed by atoms with E-state index in [0.717, 1.165) is 0 Å². The Morgan fingerprint density at radius 3 is 2.53 bits per heavy atom. The highest BCUT2D eigenvalue weighted by Gasteiger charge is 2.24. The van der Waals surface area contributed by atoms with Crippen LogP contribution in [-0.2, 0) is 9.53 Å². The van der Waals surface area contributed by atoms with E-state index in [2.05, 4.69) is 15.9 Å². The van der Waals surface area contributed by atoms with Crippen LogP contribution in [0.4, 0.5) is 0 Å². The molecule has 17 heavy (non-hydrogen) atoms. The van der Waals surface area contributed by atoms with Crippen LogP contribution in [0, 0.1) is 6.92 Å². The molecule has 92 valence electrons. The highest BCUT2D eigenvalue weighted by molar-refractivity contribution is 9.10. The molecule has 1 aromatic rings. The van der Waals surface area contributed by atoms with Crippen LogP contribution in [0.1, 0.15) is 22.8 Å². The number of carbonyl (C=O) groups excluding carboxylic acids is 2. The molecular weight excluding hydrogens is 288 g/mol. The van der Waals surface area contributed by atoms with Gasteiger partial charge in [-0.15, -0.1) is 0 Å². The van der Waals surface area contributed by atoms with Crippen molar-refractivity contribution in [1.82, 2.24) is 0 Å². The summed E-state index contributed by atoms with van der Waals surface area (Å²) in [5, 5.41) is 0. The number of rotatable bonds is 4. The first-order valence-corrected chi connectivity index (χ1v) is 5.86. The first-order valence-electron chi connectivity index (χ1n) is 5.07. The van der Waals surface area contributed by atoms with Gasteiger partial charge in [-0.05, 0) is 41.4 Å². The van der Waals surface area contributed by atoms with Gasteiger partial charge < -0.3 is 9.47 Å². The number of hydrogen-bond donors (Lipinski definition) is 0. The van der Waals surface area contributed by atoms with Gasteiger partial charge in [-0.3, -0.25) is 4.79 Å². The largest absolute Gasteiger partial charge is 0.496 e. The SMILES string of the molecule is CCOC(=O)C(=O)c1c(C)ccc(OC)c1Br. The molecule has 1 aromatic carbocycles. The minimum Gasteiger partial charge on any atom is -0.496 e. The van der Waals surface area contributed by atoms with E-state index in [1.54, 1.807) is 26.0 Å². The first-order chi connectivity index (χ1) is 8.02. The Bertz CT molecular complexity index is 454. The Labute approximate surface area is 108 Å². The third-order valence-electron chi connectivity index (χ3n) is 2.22. The predicted molar refractivity (Wildman–Crippen MR) is 66.4 cm³/mol. The van der Waals surface area contributed by atoms with E-state index in [4.69, 9.17) is 9.47 Å². The molecule has 0 aliphatic carbocycles. The number of hydrogen-bond acceptors (Lipinski definition) is 4. The van der Waals surface area contributed by atoms with Crippen molar-refractivity contribution in [2.24, 2.45) is 0 Å². The van der Waals surface area contributed by atoms with E-state index in [0.29, 0.717) is 15.8 Å². The van der Waals surface area contributed by atoms with Crippen LogP contribution in [0.3, 0.4) is 0 Å². The van der Waals surface area contributed by atoms with Crippen molar-refractivity contribution in [3.63, 3.8) is 0 Å². The minimum absolute atomic E-state index is 0.172. The predicted octanol–water partition coefficient (Wildman–Crippen LogP) is 2.51. The summed E-state index contributed by atoms with van der Waals surface area (Å²) >= 11 is 3.26. The van der Waals surface area contributed by atoms with Crippen LogP contribution in [0.25, 0.3) is 0 Å². The molecule has 0 aliphatic heterocycles. The normalized spacial score (nSPS) is 9.88. The van der Waals surface area contributed by atoms with Crippen molar-refractivity contribution in [2.75, 3.05) is 13.7 Å². The van der Waals surface area contributed by atoms with Crippen LogP contribution in [0.2, 0.25) is 0 Å². The zero-order valence-corrected chi connectivity index (χ0v) is 11.5. The topological polar surface area (TPSA) is 52.6 Å². The summed E-state index contributed by atoms with van der Waals surface area (Å²) in [6.45, 7) is 3.57. The van der Waals surface area contributed by atoms with Crippen LogP contribution in [-0.4, -0.2) is 25.5 Å². The van der Waals surface area contributed by atoms with Gasteiger partial charge in [0.05, 0.1) is 23.8 Å². The standard InChI is InChI=1S/C12H13BrO4/c1-4-17-12(15)11(14)9-7(2)5-6-8(16-3)10(9)13/h5-6H,4H2,1-3H3. The molecule has 0 bridgehead atoms. The number of ether oxygens (including phenoxy) is 2. The fourth-order valence-electron chi connectivity index (χ4n) is 1.39. The lowest BCUT2D eigenvalue weighted by Crippen LogP contribution is -2.19. The lowest BCUT2D eigenvalue weighted by atomic mass is 10.0. The first kappa shape index (κ1) is 13.7.